The van der Waals surface area contributed by atoms with E-state index in [0.717, 1.165) is 32.0 Å². The Balaban J connectivity index is 1.88. The molecule has 106 valence electrons. The molecule has 5 heteroatoms. The molecule has 5 nitrogen and oxygen atoms in total. The van der Waals surface area contributed by atoms with E-state index in [2.05, 4.69) is 58.4 Å². The van der Waals surface area contributed by atoms with Crippen LogP contribution >= 0.6 is 0 Å². The average molecular weight is 271 g/mol. The number of aromatic nitrogens is 3. The van der Waals surface area contributed by atoms with Crippen molar-refractivity contribution in [2.24, 2.45) is 0 Å². The van der Waals surface area contributed by atoms with E-state index in [1.807, 2.05) is 4.68 Å². The number of para-hydroxylation sites is 1. The number of hydrogen-bond donors (Lipinski definition) is 1. The Labute approximate surface area is 119 Å². The smallest absolute Gasteiger partial charge is 0.146 e. The van der Waals surface area contributed by atoms with E-state index in [0.29, 0.717) is 6.04 Å². The second-order valence-corrected chi connectivity index (χ2v) is 5.44. The zero-order valence-corrected chi connectivity index (χ0v) is 12.1. The molecule has 0 bridgehead atoms. The van der Waals surface area contributed by atoms with Crippen molar-refractivity contribution in [2.45, 2.75) is 33.0 Å². The number of benzene rings is 1. The van der Waals surface area contributed by atoms with Gasteiger partial charge < -0.3 is 10.2 Å². The Hall–Kier alpha value is -1.88. The summed E-state index contributed by atoms with van der Waals surface area (Å²) in [6.45, 7) is 7.99. The number of nitrogens with zero attached hydrogens (tertiary/aromatic N) is 4. The van der Waals surface area contributed by atoms with Gasteiger partial charge in [0.15, 0.2) is 0 Å². The van der Waals surface area contributed by atoms with E-state index >= 15 is 0 Å². The normalized spacial score (nSPS) is 15.2. The van der Waals surface area contributed by atoms with E-state index in [1.54, 1.807) is 6.33 Å². The Morgan fingerprint density at radius 3 is 3.00 bits per heavy atom. The van der Waals surface area contributed by atoms with E-state index in [-0.39, 0.29) is 0 Å². The van der Waals surface area contributed by atoms with Crippen molar-refractivity contribution in [2.75, 3.05) is 18.0 Å². The highest BCUT2D eigenvalue weighted by Crippen LogP contribution is 2.23. The number of anilines is 1. The first kappa shape index (κ1) is 13.1. The van der Waals surface area contributed by atoms with Gasteiger partial charge in [-0.1, -0.05) is 18.2 Å². The van der Waals surface area contributed by atoms with Gasteiger partial charge in [-0.05, 0) is 25.5 Å². The summed E-state index contributed by atoms with van der Waals surface area (Å²) < 4.78 is 2.00. The Morgan fingerprint density at radius 1 is 1.30 bits per heavy atom. The molecule has 2 aromatic rings. The van der Waals surface area contributed by atoms with Crippen LogP contribution in [0.4, 0.5) is 5.69 Å². The number of hydrogen-bond acceptors (Lipinski definition) is 4. The molecule has 2 heterocycles. The van der Waals surface area contributed by atoms with Crippen LogP contribution < -0.4 is 10.2 Å². The Bertz CT molecular complexity index is 575. The van der Waals surface area contributed by atoms with Gasteiger partial charge in [-0.25, -0.2) is 9.67 Å². The van der Waals surface area contributed by atoms with Crippen LogP contribution in [0.15, 0.2) is 30.6 Å². The minimum atomic E-state index is 0.341. The molecule has 0 atom stereocenters. The Kier molecular flexibility index (Phi) is 3.69. The van der Waals surface area contributed by atoms with Crippen LogP contribution in [0.3, 0.4) is 0 Å². The van der Waals surface area contributed by atoms with Gasteiger partial charge in [-0.3, -0.25) is 0 Å². The zero-order chi connectivity index (χ0) is 13.9. The maximum Gasteiger partial charge on any atom is 0.146 e. The van der Waals surface area contributed by atoms with Gasteiger partial charge in [0.25, 0.3) is 0 Å². The fourth-order valence-corrected chi connectivity index (χ4v) is 2.68. The third-order valence-electron chi connectivity index (χ3n) is 3.67. The Morgan fingerprint density at radius 2 is 2.15 bits per heavy atom. The second-order valence-electron chi connectivity index (χ2n) is 5.44. The fourth-order valence-electron chi connectivity index (χ4n) is 2.68. The molecule has 0 saturated heterocycles. The summed E-state index contributed by atoms with van der Waals surface area (Å²) in [5, 5.41) is 7.79. The zero-order valence-electron chi connectivity index (χ0n) is 12.1. The molecule has 20 heavy (non-hydrogen) atoms. The molecule has 1 N–H and O–H groups in total. The molecule has 1 aromatic carbocycles. The first-order valence-electron chi connectivity index (χ1n) is 7.17. The third-order valence-corrected chi connectivity index (χ3v) is 3.67. The SMILES string of the molecule is CC(C)n1ncnc1CN1CCNCc2ccccc21. The molecule has 1 aliphatic heterocycles. The molecule has 0 radical (unpaired) electrons. The van der Waals surface area contributed by atoms with Crippen molar-refractivity contribution < 1.29 is 0 Å². The van der Waals surface area contributed by atoms with Crippen LogP contribution in [-0.4, -0.2) is 27.9 Å². The molecule has 0 aliphatic carbocycles. The summed E-state index contributed by atoms with van der Waals surface area (Å²) in [6, 6.07) is 8.92. The largest absolute Gasteiger partial charge is 0.362 e. The van der Waals surface area contributed by atoms with Gasteiger partial charge in [-0.2, -0.15) is 5.10 Å². The number of nitrogens with one attached hydrogen (secondary N) is 1. The first-order valence-corrected chi connectivity index (χ1v) is 7.17. The van der Waals surface area contributed by atoms with Crippen LogP contribution in [0, 0.1) is 0 Å². The van der Waals surface area contributed by atoms with Crippen molar-refractivity contribution in [3.63, 3.8) is 0 Å². The molecule has 0 fully saturated rings. The van der Waals surface area contributed by atoms with Gasteiger partial charge in [0, 0.05) is 31.4 Å². The highest BCUT2D eigenvalue weighted by atomic mass is 15.4. The van der Waals surface area contributed by atoms with Crippen molar-refractivity contribution >= 4 is 5.69 Å². The predicted molar refractivity (Wildman–Crippen MR) is 79.6 cm³/mol. The van der Waals surface area contributed by atoms with Crippen molar-refractivity contribution in [1.29, 1.82) is 0 Å². The quantitative estimate of drug-likeness (QED) is 0.927. The summed E-state index contributed by atoms with van der Waals surface area (Å²) in [4.78, 5) is 6.81. The summed E-state index contributed by atoms with van der Waals surface area (Å²) >= 11 is 0. The first-order chi connectivity index (χ1) is 9.75. The molecule has 0 amide bonds. The lowest BCUT2D eigenvalue weighted by Gasteiger charge is -2.24. The molecule has 1 aliphatic rings. The van der Waals surface area contributed by atoms with Crippen molar-refractivity contribution in [1.82, 2.24) is 20.1 Å². The van der Waals surface area contributed by atoms with Crippen molar-refractivity contribution in [3.8, 4) is 0 Å². The minimum absolute atomic E-state index is 0.341. The standard InChI is InChI=1S/C15H21N5/c1-12(2)20-15(17-11-18-20)10-19-8-7-16-9-13-5-3-4-6-14(13)19/h3-6,11-12,16H,7-10H2,1-2H3. The molecular weight excluding hydrogens is 250 g/mol. The van der Waals surface area contributed by atoms with Gasteiger partial charge in [-0.15, -0.1) is 0 Å². The lowest BCUT2D eigenvalue weighted by atomic mass is 10.1. The van der Waals surface area contributed by atoms with Gasteiger partial charge in [0.05, 0.1) is 6.54 Å². The number of rotatable bonds is 3. The highest BCUT2D eigenvalue weighted by Gasteiger charge is 2.17. The minimum Gasteiger partial charge on any atom is -0.362 e. The summed E-state index contributed by atoms with van der Waals surface area (Å²) in [7, 11) is 0. The van der Waals surface area contributed by atoms with Crippen molar-refractivity contribution in [3.05, 3.63) is 42.0 Å². The molecule has 1 aromatic heterocycles. The molecule has 0 saturated carbocycles. The van der Waals surface area contributed by atoms with E-state index in [4.69, 9.17) is 0 Å². The lowest BCUT2D eigenvalue weighted by molar-refractivity contribution is 0.500. The maximum absolute atomic E-state index is 4.42. The second kappa shape index (κ2) is 5.63. The summed E-state index contributed by atoms with van der Waals surface area (Å²) in [5.74, 6) is 1.02. The van der Waals surface area contributed by atoms with E-state index in [9.17, 15) is 0 Å². The van der Waals surface area contributed by atoms with Gasteiger partial charge >= 0.3 is 0 Å². The average Bonchev–Trinajstić information content (AvgIpc) is 2.81. The van der Waals surface area contributed by atoms with E-state index < -0.39 is 0 Å². The summed E-state index contributed by atoms with van der Waals surface area (Å²) in [6.07, 6.45) is 1.65. The fraction of sp³-hybridized carbons (Fsp3) is 0.467. The van der Waals surface area contributed by atoms with E-state index in [1.165, 1.54) is 11.3 Å². The summed E-state index contributed by atoms with van der Waals surface area (Å²) in [5.41, 5.74) is 2.65. The maximum atomic E-state index is 4.42. The molecule has 3 rings (SSSR count). The molecule has 0 spiro atoms. The van der Waals surface area contributed by atoms with Crippen LogP contribution in [0.5, 0.6) is 0 Å². The van der Waals surface area contributed by atoms with Crippen LogP contribution in [0.25, 0.3) is 0 Å². The third kappa shape index (κ3) is 2.54. The van der Waals surface area contributed by atoms with Crippen LogP contribution in [0.2, 0.25) is 0 Å². The van der Waals surface area contributed by atoms with Crippen LogP contribution in [0.1, 0.15) is 31.3 Å². The molecule has 0 unspecified atom stereocenters. The highest BCUT2D eigenvalue weighted by molar-refractivity contribution is 5.54. The predicted octanol–water partition coefficient (Wildman–Crippen LogP) is 1.97. The van der Waals surface area contributed by atoms with Gasteiger partial charge in [0.2, 0.25) is 0 Å². The monoisotopic (exact) mass is 271 g/mol. The number of fused-ring (bicyclic) bond motifs is 1. The lowest BCUT2D eigenvalue weighted by Crippen LogP contribution is -2.30. The molecular formula is C15H21N5. The van der Waals surface area contributed by atoms with Crippen LogP contribution in [-0.2, 0) is 13.1 Å². The van der Waals surface area contributed by atoms with Gasteiger partial charge in [0.1, 0.15) is 12.2 Å². The topological polar surface area (TPSA) is 46.0 Å².